The minimum atomic E-state index is -0.0305. The maximum Gasteiger partial charge on any atom is 0.241 e. The van der Waals surface area contributed by atoms with Crippen LogP contribution in [0.2, 0.25) is 0 Å². The summed E-state index contributed by atoms with van der Waals surface area (Å²) >= 11 is 0. The van der Waals surface area contributed by atoms with Gasteiger partial charge in [-0.25, -0.2) is 0 Å². The number of rotatable bonds is 8. The third kappa shape index (κ3) is 6.24. The van der Waals surface area contributed by atoms with E-state index < -0.39 is 0 Å². The van der Waals surface area contributed by atoms with Gasteiger partial charge in [0.05, 0.1) is 11.9 Å². The Bertz CT molecular complexity index is 761. The van der Waals surface area contributed by atoms with E-state index in [9.17, 15) is 9.59 Å². The van der Waals surface area contributed by atoms with E-state index in [1.165, 1.54) is 24.0 Å². The van der Waals surface area contributed by atoms with Gasteiger partial charge in [-0.1, -0.05) is 42.7 Å². The lowest BCUT2D eigenvalue weighted by atomic mass is 10.1. The number of benzene rings is 1. The van der Waals surface area contributed by atoms with Crippen LogP contribution in [0, 0.1) is 6.92 Å². The zero-order chi connectivity index (χ0) is 19.1. The Kier molecular flexibility index (Phi) is 6.63. The molecule has 6 heteroatoms. The second kappa shape index (κ2) is 9.35. The van der Waals surface area contributed by atoms with Gasteiger partial charge >= 0.3 is 0 Å². The first-order valence-electron chi connectivity index (χ1n) is 9.76. The van der Waals surface area contributed by atoms with Crippen LogP contribution < -0.4 is 10.6 Å². The van der Waals surface area contributed by atoms with Gasteiger partial charge < -0.3 is 10.6 Å². The summed E-state index contributed by atoms with van der Waals surface area (Å²) < 4.78 is 1.56. The number of carbonyl (C=O) groups excluding carboxylic acids is 2. The first-order chi connectivity index (χ1) is 13.1. The van der Waals surface area contributed by atoms with Crippen LogP contribution in [0.15, 0.2) is 36.7 Å². The Morgan fingerprint density at radius 1 is 1.15 bits per heavy atom. The zero-order valence-electron chi connectivity index (χ0n) is 15.9. The van der Waals surface area contributed by atoms with E-state index in [1.54, 1.807) is 17.1 Å². The van der Waals surface area contributed by atoms with Gasteiger partial charge in [-0.3, -0.25) is 14.3 Å². The van der Waals surface area contributed by atoms with E-state index in [0.717, 1.165) is 25.7 Å². The van der Waals surface area contributed by atoms with Gasteiger partial charge in [0.25, 0.3) is 0 Å². The number of hydrogen-bond donors (Lipinski definition) is 2. The van der Waals surface area contributed by atoms with Crippen molar-refractivity contribution in [1.82, 2.24) is 15.1 Å². The molecule has 1 saturated carbocycles. The second-order valence-electron chi connectivity index (χ2n) is 7.36. The molecule has 1 aliphatic rings. The number of nitrogens with zero attached hydrogens (tertiary/aromatic N) is 2. The molecule has 1 fully saturated rings. The topological polar surface area (TPSA) is 76.0 Å². The van der Waals surface area contributed by atoms with Crippen molar-refractivity contribution in [2.24, 2.45) is 0 Å². The molecule has 0 atom stereocenters. The van der Waals surface area contributed by atoms with E-state index >= 15 is 0 Å². The molecule has 0 spiro atoms. The van der Waals surface area contributed by atoms with Crippen LogP contribution in [0.1, 0.15) is 49.7 Å². The fourth-order valence-corrected chi connectivity index (χ4v) is 3.44. The molecule has 1 heterocycles. The van der Waals surface area contributed by atoms with Crippen LogP contribution in [0.3, 0.4) is 0 Å². The van der Waals surface area contributed by atoms with Crippen LogP contribution in [0.5, 0.6) is 0 Å². The van der Waals surface area contributed by atoms with Gasteiger partial charge in [-0.05, 0) is 38.2 Å². The highest BCUT2D eigenvalue weighted by atomic mass is 16.2. The molecule has 0 unspecified atom stereocenters. The fourth-order valence-electron chi connectivity index (χ4n) is 3.44. The van der Waals surface area contributed by atoms with Crippen LogP contribution in [0.25, 0.3) is 0 Å². The number of hydrogen-bond acceptors (Lipinski definition) is 3. The molecule has 1 aromatic carbocycles. The first kappa shape index (κ1) is 19.1. The second-order valence-corrected chi connectivity index (χ2v) is 7.36. The number of nitrogens with one attached hydrogen (secondary N) is 2. The highest BCUT2D eigenvalue weighted by Gasteiger charge is 2.17. The Morgan fingerprint density at radius 2 is 1.89 bits per heavy atom. The van der Waals surface area contributed by atoms with Crippen molar-refractivity contribution in [3.63, 3.8) is 0 Å². The lowest BCUT2D eigenvalue weighted by Crippen LogP contribution is -2.35. The quantitative estimate of drug-likeness (QED) is 0.751. The number of aromatic nitrogens is 2. The Morgan fingerprint density at radius 3 is 2.63 bits per heavy atom. The minimum absolute atomic E-state index is 0.0269. The smallest absolute Gasteiger partial charge is 0.241 e. The summed E-state index contributed by atoms with van der Waals surface area (Å²) in [4.78, 5) is 24.1. The standard InChI is InChI=1S/C21H28N4O2/c1-16-9-11-17(12-10-16)5-4-8-20(26)24-19-13-22-25(14-19)15-21(27)23-18-6-2-3-7-18/h9-14,18H,2-8,15H2,1H3,(H,23,27)(H,24,26). The molecule has 1 aliphatic carbocycles. The molecular formula is C21H28N4O2. The van der Waals surface area contributed by atoms with Gasteiger partial charge in [-0.2, -0.15) is 5.10 Å². The average molecular weight is 368 g/mol. The summed E-state index contributed by atoms with van der Waals surface area (Å²) in [5.41, 5.74) is 3.11. The molecule has 2 aromatic rings. The maximum atomic E-state index is 12.1. The third-order valence-corrected chi connectivity index (χ3v) is 4.93. The monoisotopic (exact) mass is 368 g/mol. The molecule has 6 nitrogen and oxygen atoms in total. The van der Waals surface area contributed by atoms with Gasteiger partial charge in [0.15, 0.2) is 0 Å². The third-order valence-electron chi connectivity index (χ3n) is 4.93. The van der Waals surface area contributed by atoms with E-state index in [1.807, 2.05) is 0 Å². The number of aryl methyl sites for hydroxylation is 2. The predicted molar refractivity (Wildman–Crippen MR) is 105 cm³/mol. The predicted octanol–water partition coefficient (Wildman–Crippen LogP) is 3.21. The summed E-state index contributed by atoms with van der Waals surface area (Å²) in [7, 11) is 0. The number of amides is 2. The number of anilines is 1. The summed E-state index contributed by atoms with van der Waals surface area (Å²) in [6.45, 7) is 2.25. The Balaban J connectivity index is 1.38. The molecule has 144 valence electrons. The van der Waals surface area contributed by atoms with Crippen LogP contribution in [-0.4, -0.2) is 27.6 Å². The molecule has 0 bridgehead atoms. The SMILES string of the molecule is Cc1ccc(CCCC(=O)Nc2cnn(CC(=O)NC3CCCC3)c2)cc1. The van der Waals surface area contributed by atoms with Crippen molar-refractivity contribution in [3.8, 4) is 0 Å². The van der Waals surface area contributed by atoms with Crippen molar-refractivity contribution < 1.29 is 9.59 Å². The molecular weight excluding hydrogens is 340 g/mol. The molecule has 27 heavy (non-hydrogen) atoms. The van der Waals surface area contributed by atoms with Gasteiger partial charge in [0, 0.05) is 18.7 Å². The van der Waals surface area contributed by atoms with E-state index in [-0.39, 0.29) is 18.4 Å². The van der Waals surface area contributed by atoms with Crippen molar-refractivity contribution >= 4 is 17.5 Å². The normalized spacial score (nSPS) is 14.3. The van der Waals surface area contributed by atoms with E-state index in [2.05, 4.69) is 46.9 Å². The molecule has 0 saturated heterocycles. The highest BCUT2D eigenvalue weighted by molar-refractivity contribution is 5.90. The van der Waals surface area contributed by atoms with Crippen molar-refractivity contribution in [2.45, 2.75) is 64.5 Å². The van der Waals surface area contributed by atoms with Crippen LogP contribution in [-0.2, 0) is 22.6 Å². The molecule has 1 aromatic heterocycles. The zero-order valence-corrected chi connectivity index (χ0v) is 15.9. The van der Waals surface area contributed by atoms with Crippen molar-refractivity contribution in [1.29, 1.82) is 0 Å². The van der Waals surface area contributed by atoms with Gasteiger partial charge in [0.1, 0.15) is 6.54 Å². The molecule has 0 radical (unpaired) electrons. The highest BCUT2D eigenvalue weighted by Crippen LogP contribution is 2.17. The minimum Gasteiger partial charge on any atom is -0.352 e. The average Bonchev–Trinajstić information content (AvgIpc) is 3.29. The summed E-state index contributed by atoms with van der Waals surface area (Å²) in [5.74, 6) is -0.0574. The maximum absolute atomic E-state index is 12.1. The van der Waals surface area contributed by atoms with E-state index in [4.69, 9.17) is 0 Å². The summed E-state index contributed by atoms with van der Waals surface area (Å²) in [6, 6.07) is 8.70. The largest absolute Gasteiger partial charge is 0.352 e. The van der Waals surface area contributed by atoms with E-state index in [0.29, 0.717) is 18.2 Å². The molecule has 0 aliphatic heterocycles. The molecule has 2 amide bonds. The Labute approximate surface area is 160 Å². The molecule has 2 N–H and O–H groups in total. The lowest BCUT2D eigenvalue weighted by molar-refractivity contribution is -0.122. The Hall–Kier alpha value is -2.63. The van der Waals surface area contributed by atoms with Crippen molar-refractivity contribution in [3.05, 3.63) is 47.8 Å². The van der Waals surface area contributed by atoms with Crippen molar-refractivity contribution in [2.75, 3.05) is 5.32 Å². The summed E-state index contributed by atoms with van der Waals surface area (Å²) in [6.07, 6.45) is 9.93. The number of carbonyl (C=O) groups is 2. The summed E-state index contributed by atoms with van der Waals surface area (Å²) in [5, 5.41) is 10.0. The lowest BCUT2D eigenvalue weighted by Gasteiger charge is -2.11. The molecule has 3 rings (SSSR count). The van der Waals surface area contributed by atoms with Gasteiger partial charge in [-0.15, -0.1) is 0 Å². The van der Waals surface area contributed by atoms with Crippen LogP contribution in [0.4, 0.5) is 5.69 Å². The van der Waals surface area contributed by atoms with Crippen LogP contribution >= 0.6 is 0 Å². The fraction of sp³-hybridized carbons (Fsp3) is 0.476. The first-order valence-corrected chi connectivity index (χ1v) is 9.76. The van der Waals surface area contributed by atoms with Gasteiger partial charge in [0.2, 0.25) is 11.8 Å².